The summed E-state index contributed by atoms with van der Waals surface area (Å²) in [5, 5.41) is 7.48. The molecular weight excluding hydrogens is 218 g/mol. The van der Waals surface area contributed by atoms with Crippen LogP contribution in [0.4, 0.5) is 5.82 Å². The second-order valence-corrected chi connectivity index (χ2v) is 4.23. The number of rotatable bonds is 4. The number of thiophene rings is 1. The minimum atomic E-state index is 0.882. The van der Waals surface area contributed by atoms with Crippen molar-refractivity contribution in [3.8, 4) is 11.3 Å². The van der Waals surface area contributed by atoms with Crippen molar-refractivity contribution in [3.05, 3.63) is 28.7 Å². The van der Waals surface area contributed by atoms with E-state index in [1.165, 1.54) is 11.1 Å². The van der Waals surface area contributed by atoms with Crippen LogP contribution in [0.5, 0.6) is 0 Å². The van der Waals surface area contributed by atoms with E-state index in [1.54, 1.807) is 17.7 Å². The van der Waals surface area contributed by atoms with E-state index in [9.17, 15) is 0 Å². The predicted octanol–water partition coefficient (Wildman–Crippen LogP) is 3.20. The summed E-state index contributed by atoms with van der Waals surface area (Å²) < 4.78 is 0. The molecule has 84 valence electrons. The minimum absolute atomic E-state index is 0.882. The van der Waals surface area contributed by atoms with Crippen LogP contribution >= 0.6 is 11.3 Å². The average Bonchev–Trinajstić information content (AvgIpc) is 2.82. The van der Waals surface area contributed by atoms with Crippen LogP contribution in [0.3, 0.4) is 0 Å². The number of nitrogens with one attached hydrogen (secondary N) is 1. The number of hydrogen-bond donors (Lipinski definition) is 1. The first kappa shape index (κ1) is 11.1. The fourth-order valence-electron chi connectivity index (χ4n) is 1.71. The molecule has 2 rings (SSSR count). The molecule has 0 fully saturated rings. The van der Waals surface area contributed by atoms with Crippen molar-refractivity contribution < 1.29 is 0 Å². The third-order valence-electron chi connectivity index (χ3n) is 2.44. The summed E-state index contributed by atoms with van der Waals surface area (Å²) in [5.74, 6) is 0.959. The molecule has 0 saturated heterocycles. The van der Waals surface area contributed by atoms with E-state index in [0.29, 0.717) is 0 Å². The summed E-state index contributed by atoms with van der Waals surface area (Å²) >= 11 is 1.69. The molecule has 0 radical (unpaired) electrons. The van der Waals surface area contributed by atoms with Crippen molar-refractivity contribution >= 4 is 17.2 Å². The molecule has 0 aliphatic rings. The SMILES string of the molecule is CCNc1ncnc(-c2ccsc2)c1CC. The van der Waals surface area contributed by atoms with E-state index in [1.807, 2.05) is 0 Å². The Morgan fingerprint density at radius 3 is 2.81 bits per heavy atom. The van der Waals surface area contributed by atoms with Gasteiger partial charge in [-0.3, -0.25) is 0 Å². The molecule has 0 amide bonds. The molecule has 0 saturated carbocycles. The van der Waals surface area contributed by atoms with Crippen LogP contribution in [0.25, 0.3) is 11.3 Å². The Bertz CT molecular complexity index is 451. The highest BCUT2D eigenvalue weighted by molar-refractivity contribution is 7.08. The summed E-state index contributed by atoms with van der Waals surface area (Å²) in [7, 11) is 0. The first-order chi connectivity index (χ1) is 7.86. The van der Waals surface area contributed by atoms with Crippen molar-refractivity contribution in [1.29, 1.82) is 0 Å². The highest BCUT2D eigenvalue weighted by Gasteiger charge is 2.10. The van der Waals surface area contributed by atoms with E-state index < -0.39 is 0 Å². The van der Waals surface area contributed by atoms with E-state index in [-0.39, 0.29) is 0 Å². The van der Waals surface area contributed by atoms with Gasteiger partial charge in [0.1, 0.15) is 12.1 Å². The molecule has 0 atom stereocenters. The lowest BCUT2D eigenvalue weighted by Gasteiger charge is -2.11. The molecular formula is C12H15N3S. The lowest BCUT2D eigenvalue weighted by Crippen LogP contribution is -2.05. The van der Waals surface area contributed by atoms with Crippen LogP contribution in [0.1, 0.15) is 19.4 Å². The molecule has 2 aromatic rings. The Balaban J connectivity index is 2.49. The molecule has 0 aromatic carbocycles. The third kappa shape index (κ3) is 2.07. The summed E-state index contributed by atoms with van der Waals surface area (Å²) in [6, 6.07) is 2.10. The van der Waals surface area contributed by atoms with Gasteiger partial charge in [-0.15, -0.1) is 0 Å². The van der Waals surface area contributed by atoms with Crippen molar-refractivity contribution in [3.63, 3.8) is 0 Å². The maximum atomic E-state index is 4.39. The Morgan fingerprint density at radius 2 is 2.19 bits per heavy atom. The number of anilines is 1. The van der Waals surface area contributed by atoms with Gasteiger partial charge in [0.25, 0.3) is 0 Å². The summed E-state index contributed by atoms with van der Waals surface area (Å²) in [6.07, 6.45) is 2.57. The van der Waals surface area contributed by atoms with Gasteiger partial charge in [-0.05, 0) is 24.8 Å². The number of nitrogens with zero attached hydrogens (tertiary/aromatic N) is 2. The zero-order valence-electron chi connectivity index (χ0n) is 9.53. The Labute approximate surface area is 99.6 Å². The maximum Gasteiger partial charge on any atom is 0.133 e. The van der Waals surface area contributed by atoms with Gasteiger partial charge in [0, 0.05) is 23.1 Å². The zero-order chi connectivity index (χ0) is 11.4. The zero-order valence-corrected chi connectivity index (χ0v) is 10.3. The molecule has 0 aliphatic heterocycles. The molecule has 16 heavy (non-hydrogen) atoms. The topological polar surface area (TPSA) is 37.8 Å². The highest BCUT2D eigenvalue weighted by Crippen LogP contribution is 2.27. The molecule has 2 aromatic heterocycles. The molecule has 0 unspecified atom stereocenters. The van der Waals surface area contributed by atoms with Crippen molar-refractivity contribution in [2.75, 3.05) is 11.9 Å². The average molecular weight is 233 g/mol. The Morgan fingerprint density at radius 1 is 1.31 bits per heavy atom. The van der Waals surface area contributed by atoms with Gasteiger partial charge < -0.3 is 5.32 Å². The summed E-state index contributed by atoms with van der Waals surface area (Å²) in [4.78, 5) is 8.68. The summed E-state index contributed by atoms with van der Waals surface area (Å²) in [6.45, 7) is 5.09. The van der Waals surface area contributed by atoms with Crippen LogP contribution in [0, 0.1) is 0 Å². The lowest BCUT2D eigenvalue weighted by molar-refractivity contribution is 1.03. The predicted molar refractivity (Wildman–Crippen MR) is 68.9 cm³/mol. The first-order valence-electron chi connectivity index (χ1n) is 5.47. The normalized spacial score (nSPS) is 10.4. The Kier molecular flexibility index (Phi) is 3.51. The van der Waals surface area contributed by atoms with Crippen LogP contribution < -0.4 is 5.32 Å². The van der Waals surface area contributed by atoms with Crippen molar-refractivity contribution in [2.24, 2.45) is 0 Å². The number of hydrogen-bond acceptors (Lipinski definition) is 4. The van der Waals surface area contributed by atoms with Gasteiger partial charge >= 0.3 is 0 Å². The van der Waals surface area contributed by atoms with Gasteiger partial charge in [0.2, 0.25) is 0 Å². The minimum Gasteiger partial charge on any atom is -0.370 e. The van der Waals surface area contributed by atoms with Gasteiger partial charge in [-0.2, -0.15) is 11.3 Å². The second kappa shape index (κ2) is 5.07. The van der Waals surface area contributed by atoms with Gasteiger partial charge in [-0.1, -0.05) is 6.92 Å². The largest absolute Gasteiger partial charge is 0.370 e. The Hall–Kier alpha value is -1.42. The van der Waals surface area contributed by atoms with Crippen molar-refractivity contribution in [1.82, 2.24) is 9.97 Å². The maximum absolute atomic E-state index is 4.39. The van der Waals surface area contributed by atoms with Crippen LogP contribution in [-0.2, 0) is 6.42 Å². The first-order valence-corrected chi connectivity index (χ1v) is 6.41. The van der Waals surface area contributed by atoms with Crippen LogP contribution in [0.2, 0.25) is 0 Å². The van der Waals surface area contributed by atoms with Crippen LogP contribution in [-0.4, -0.2) is 16.5 Å². The third-order valence-corrected chi connectivity index (χ3v) is 3.12. The fourth-order valence-corrected chi connectivity index (χ4v) is 2.36. The van der Waals surface area contributed by atoms with Gasteiger partial charge in [-0.25, -0.2) is 9.97 Å². The molecule has 0 aliphatic carbocycles. The molecule has 0 spiro atoms. The van der Waals surface area contributed by atoms with E-state index in [4.69, 9.17) is 0 Å². The van der Waals surface area contributed by atoms with E-state index in [2.05, 4.69) is 46.0 Å². The van der Waals surface area contributed by atoms with Crippen LogP contribution in [0.15, 0.2) is 23.2 Å². The molecule has 4 heteroatoms. The lowest BCUT2D eigenvalue weighted by atomic mass is 10.1. The van der Waals surface area contributed by atoms with Gasteiger partial charge in [0.15, 0.2) is 0 Å². The molecule has 0 bridgehead atoms. The molecule has 1 N–H and O–H groups in total. The summed E-state index contributed by atoms with van der Waals surface area (Å²) in [5.41, 5.74) is 3.43. The smallest absolute Gasteiger partial charge is 0.133 e. The second-order valence-electron chi connectivity index (χ2n) is 3.45. The van der Waals surface area contributed by atoms with Gasteiger partial charge in [0.05, 0.1) is 5.69 Å². The highest BCUT2D eigenvalue weighted by atomic mass is 32.1. The van der Waals surface area contributed by atoms with E-state index >= 15 is 0 Å². The standard InChI is InChI=1S/C12H15N3S/c1-3-10-11(9-5-6-16-7-9)14-8-15-12(10)13-4-2/h5-8H,3-4H2,1-2H3,(H,13,14,15). The molecule has 3 nitrogen and oxygen atoms in total. The number of aromatic nitrogens is 2. The molecule has 2 heterocycles. The quantitative estimate of drug-likeness (QED) is 0.881. The van der Waals surface area contributed by atoms with Crippen molar-refractivity contribution in [2.45, 2.75) is 20.3 Å². The fraction of sp³-hybridized carbons (Fsp3) is 0.333. The van der Waals surface area contributed by atoms with E-state index in [0.717, 1.165) is 24.5 Å². The monoisotopic (exact) mass is 233 g/mol.